The van der Waals surface area contributed by atoms with Crippen LogP contribution in [0.25, 0.3) is 0 Å². The topological polar surface area (TPSA) is 0 Å². The van der Waals surface area contributed by atoms with Crippen LogP contribution in [-0.2, 0) is 10.8 Å². The van der Waals surface area contributed by atoms with Crippen LogP contribution in [0, 0.1) is 25.7 Å². The molecule has 2 atom stereocenters. The molecule has 0 unspecified atom stereocenters. The molecule has 0 heterocycles. The molecule has 0 saturated heterocycles. The van der Waals surface area contributed by atoms with Gasteiger partial charge in [0.25, 0.3) is 0 Å². The Morgan fingerprint density at radius 2 is 1.00 bits per heavy atom. The van der Waals surface area contributed by atoms with Crippen LogP contribution in [0.1, 0.15) is 63.8 Å². The minimum absolute atomic E-state index is 0.280. The van der Waals surface area contributed by atoms with Crippen molar-refractivity contribution in [1.82, 2.24) is 0 Å². The van der Waals surface area contributed by atoms with Gasteiger partial charge in [-0.25, -0.2) is 0 Å². The molecule has 1 aromatic rings. The van der Waals surface area contributed by atoms with E-state index in [-0.39, 0.29) is 10.8 Å². The summed E-state index contributed by atoms with van der Waals surface area (Å²) < 4.78 is 0. The Bertz CT molecular complexity index is 432. The standard InChI is InChI=1S/C18H28/c1-11-9-15-16(10-12(11)2)18(7,8)14(4)13(3)17(15,5)6/h9-10,13-14H,1-8H3/t13-,14+. The molecule has 0 aromatic heterocycles. The lowest BCUT2D eigenvalue weighted by molar-refractivity contribution is 0.144. The normalized spacial score (nSPS) is 28.9. The second kappa shape index (κ2) is 3.85. The van der Waals surface area contributed by atoms with E-state index in [0.29, 0.717) is 11.8 Å². The van der Waals surface area contributed by atoms with Crippen molar-refractivity contribution in [2.24, 2.45) is 11.8 Å². The zero-order chi connectivity index (χ0) is 13.9. The van der Waals surface area contributed by atoms with Crippen molar-refractivity contribution in [2.75, 3.05) is 0 Å². The van der Waals surface area contributed by atoms with E-state index < -0.39 is 0 Å². The summed E-state index contributed by atoms with van der Waals surface area (Å²) in [5.41, 5.74) is 6.56. The van der Waals surface area contributed by atoms with E-state index in [4.69, 9.17) is 0 Å². The van der Waals surface area contributed by atoms with Gasteiger partial charge in [0.1, 0.15) is 0 Å². The highest BCUT2D eigenvalue weighted by atomic mass is 14.5. The molecule has 1 aliphatic rings. The van der Waals surface area contributed by atoms with E-state index in [1.54, 1.807) is 11.1 Å². The number of hydrogen-bond donors (Lipinski definition) is 0. The first-order chi connectivity index (χ1) is 8.10. The molecule has 0 nitrogen and oxygen atoms in total. The fourth-order valence-corrected chi connectivity index (χ4v) is 3.62. The molecule has 100 valence electrons. The van der Waals surface area contributed by atoms with Gasteiger partial charge >= 0.3 is 0 Å². The molecule has 0 bridgehead atoms. The summed E-state index contributed by atoms with van der Waals surface area (Å²) in [7, 11) is 0. The van der Waals surface area contributed by atoms with Gasteiger partial charge in [-0.15, -0.1) is 0 Å². The predicted molar refractivity (Wildman–Crippen MR) is 80.3 cm³/mol. The summed E-state index contributed by atoms with van der Waals surface area (Å²) in [4.78, 5) is 0. The van der Waals surface area contributed by atoms with E-state index in [9.17, 15) is 0 Å². The fraction of sp³-hybridized carbons (Fsp3) is 0.667. The lowest BCUT2D eigenvalue weighted by Crippen LogP contribution is -2.46. The highest BCUT2D eigenvalue weighted by Gasteiger charge is 2.46. The van der Waals surface area contributed by atoms with Crippen molar-refractivity contribution in [3.63, 3.8) is 0 Å². The van der Waals surface area contributed by atoms with E-state index in [2.05, 4.69) is 67.5 Å². The summed E-state index contributed by atoms with van der Waals surface area (Å²) in [6, 6.07) is 4.88. The lowest BCUT2D eigenvalue weighted by Gasteiger charge is -2.51. The molecule has 0 saturated carbocycles. The van der Waals surface area contributed by atoms with Crippen molar-refractivity contribution in [3.05, 3.63) is 34.4 Å². The molecule has 1 aliphatic carbocycles. The molecule has 0 spiro atoms. The molecule has 2 rings (SSSR count). The smallest absolute Gasteiger partial charge is 0.00721 e. The van der Waals surface area contributed by atoms with Crippen molar-refractivity contribution >= 4 is 0 Å². The molecule has 0 aliphatic heterocycles. The third-order valence-corrected chi connectivity index (χ3v) is 6.05. The number of rotatable bonds is 0. The molecule has 0 amide bonds. The average molecular weight is 244 g/mol. The lowest BCUT2D eigenvalue weighted by atomic mass is 9.53. The first kappa shape index (κ1) is 13.6. The highest BCUT2D eigenvalue weighted by molar-refractivity contribution is 5.47. The summed E-state index contributed by atoms with van der Waals surface area (Å²) >= 11 is 0. The fourth-order valence-electron chi connectivity index (χ4n) is 3.62. The Hall–Kier alpha value is -0.780. The zero-order valence-corrected chi connectivity index (χ0v) is 13.3. The molecule has 0 radical (unpaired) electrons. The molecule has 0 heteroatoms. The highest BCUT2D eigenvalue weighted by Crippen LogP contribution is 2.52. The summed E-state index contributed by atoms with van der Waals surface area (Å²) in [5, 5.41) is 0. The van der Waals surface area contributed by atoms with Crippen LogP contribution in [0.3, 0.4) is 0 Å². The summed E-state index contributed by atoms with van der Waals surface area (Å²) in [5.74, 6) is 1.42. The van der Waals surface area contributed by atoms with Gasteiger partial charge in [-0.3, -0.25) is 0 Å². The maximum absolute atomic E-state index is 2.44. The monoisotopic (exact) mass is 244 g/mol. The van der Waals surface area contributed by atoms with E-state index in [0.717, 1.165) is 0 Å². The second-order valence-corrected chi connectivity index (χ2v) is 7.50. The zero-order valence-electron chi connectivity index (χ0n) is 13.3. The Morgan fingerprint density at radius 1 is 0.722 bits per heavy atom. The van der Waals surface area contributed by atoms with E-state index in [1.165, 1.54) is 11.1 Å². The number of aryl methyl sites for hydroxylation is 2. The van der Waals surface area contributed by atoms with Gasteiger partial charge in [-0.2, -0.15) is 0 Å². The first-order valence-corrected chi connectivity index (χ1v) is 7.22. The predicted octanol–water partition coefficient (Wildman–Crippen LogP) is 5.14. The largest absolute Gasteiger partial charge is 0.0614 e. The van der Waals surface area contributed by atoms with Gasteiger partial charge in [0.05, 0.1) is 0 Å². The molecule has 1 aromatic carbocycles. The number of benzene rings is 1. The summed E-state index contributed by atoms with van der Waals surface area (Å²) in [6.07, 6.45) is 0. The van der Waals surface area contributed by atoms with Crippen molar-refractivity contribution in [2.45, 2.75) is 66.2 Å². The van der Waals surface area contributed by atoms with Crippen molar-refractivity contribution in [1.29, 1.82) is 0 Å². The SMILES string of the molecule is Cc1cc2c(cc1C)C(C)(C)[C@@H](C)[C@@H](C)C2(C)C. The van der Waals surface area contributed by atoms with Crippen LogP contribution in [-0.4, -0.2) is 0 Å². The maximum atomic E-state index is 2.44. The molecule has 0 fully saturated rings. The van der Waals surface area contributed by atoms with Crippen molar-refractivity contribution in [3.8, 4) is 0 Å². The summed E-state index contributed by atoms with van der Waals surface area (Å²) in [6.45, 7) is 19.0. The van der Waals surface area contributed by atoms with Gasteiger partial charge in [-0.05, 0) is 58.8 Å². The second-order valence-electron chi connectivity index (χ2n) is 7.50. The first-order valence-electron chi connectivity index (χ1n) is 7.22. The third kappa shape index (κ3) is 1.65. The molecular formula is C18H28. The van der Waals surface area contributed by atoms with Crippen molar-refractivity contribution < 1.29 is 0 Å². The van der Waals surface area contributed by atoms with Gasteiger partial charge in [0, 0.05) is 0 Å². The van der Waals surface area contributed by atoms with Crippen LogP contribution in [0.4, 0.5) is 0 Å². The van der Waals surface area contributed by atoms with E-state index >= 15 is 0 Å². The number of fused-ring (bicyclic) bond motifs is 1. The Labute approximate surface area is 113 Å². The van der Waals surface area contributed by atoms with Crippen LogP contribution in [0.15, 0.2) is 12.1 Å². The molecule has 0 N–H and O–H groups in total. The van der Waals surface area contributed by atoms with Gasteiger partial charge < -0.3 is 0 Å². The van der Waals surface area contributed by atoms with Gasteiger partial charge in [0.2, 0.25) is 0 Å². The Morgan fingerprint density at radius 3 is 1.28 bits per heavy atom. The van der Waals surface area contributed by atoms with Crippen LogP contribution >= 0.6 is 0 Å². The number of hydrogen-bond acceptors (Lipinski definition) is 0. The van der Waals surface area contributed by atoms with Crippen LogP contribution < -0.4 is 0 Å². The maximum Gasteiger partial charge on any atom is -0.00721 e. The van der Waals surface area contributed by atoms with Crippen LogP contribution in [0.2, 0.25) is 0 Å². The Balaban J connectivity index is 2.78. The van der Waals surface area contributed by atoms with Crippen LogP contribution in [0.5, 0.6) is 0 Å². The molecule has 18 heavy (non-hydrogen) atoms. The average Bonchev–Trinajstić information content (AvgIpc) is 2.28. The molecular weight excluding hydrogens is 216 g/mol. The third-order valence-electron chi connectivity index (χ3n) is 6.05. The van der Waals surface area contributed by atoms with E-state index in [1.807, 2.05) is 0 Å². The minimum atomic E-state index is 0.280. The quantitative estimate of drug-likeness (QED) is 0.592. The van der Waals surface area contributed by atoms with Gasteiger partial charge in [-0.1, -0.05) is 53.7 Å². The Kier molecular flexibility index (Phi) is 2.92. The minimum Gasteiger partial charge on any atom is -0.0614 e. The van der Waals surface area contributed by atoms with Gasteiger partial charge in [0.15, 0.2) is 0 Å².